The quantitative estimate of drug-likeness (QED) is 0.524. The van der Waals surface area contributed by atoms with E-state index in [1.54, 1.807) is 11.3 Å². The summed E-state index contributed by atoms with van der Waals surface area (Å²) in [6.07, 6.45) is 2.10. The highest BCUT2D eigenvalue weighted by Gasteiger charge is 2.14. The van der Waals surface area contributed by atoms with E-state index in [1.807, 2.05) is 13.0 Å². The second kappa shape index (κ2) is 7.85. The van der Waals surface area contributed by atoms with Crippen molar-refractivity contribution in [3.05, 3.63) is 78.6 Å². The van der Waals surface area contributed by atoms with Crippen molar-refractivity contribution in [2.45, 2.75) is 6.92 Å². The first-order valence-corrected chi connectivity index (χ1v) is 10.9. The van der Waals surface area contributed by atoms with Crippen molar-refractivity contribution in [2.75, 3.05) is 31.1 Å². The molecule has 1 fully saturated rings. The van der Waals surface area contributed by atoms with E-state index in [4.69, 9.17) is 4.98 Å². The van der Waals surface area contributed by atoms with Gasteiger partial charge in [-0.1, -0.05) is 30.3 Å². The highest BCUT2D eigenvalue weighted by Crippen LogP contribution is 2.35. The van der Waals surface area contributed by atoms with Crippen LogP contribution in [0.4, 0.5) is 5.69 Å². The van der Waals surface area contributed by atoms with Crippen molar-refractivity contribution in [3.63, 3.8) is 0 Å². The molecule has 1 N–H and O–H groups in total. The van der Waals surface area contributed by atoms with E-state index in [0.717, 1.165) is 43.4 Å². The first kappa shape index (κ1) is 18.2. The Morgan fingerprint density at radius 2 is 1.55 bits per heavy atom. The van der Waals surface area contributed by atoms with Crippen LogP contribution in [0, 0.1) is 6.92 Å². The minimum absolute atomic E-state index is 1.00. The zero-order chi connectivity index (χ0) is 19.6. The molecular formula is C24H24N4S. The van der Waals surface area contributed by atoms with E-state index in [1.165, 1.54) is 21.0 Å². The zero-order valence-corrected chi connectivity index (χ0v) is 17.3. The first-order valence-electron chi connectivity index (χ1n) is 10.1. The number of rotatable bonds is 4. The van der Waals surface area contributed by atoms with E-state index in [9.17, 15) is 0 Å². The fourth-order valence-corrected chi connectivity index (χ4v) is 4.83. The molecule has 5 rings (SSSR count). The number of anilines is 1. The topological polar surface area (TPSA) is 33.1 Å². The molecule has 4 nitrogen and oxygen atoms in total. The summed E-state index contributed by atoms with van der Waals surface area (Å²) < 4.78 is 2.18. The smallest absolute Gasteiger partial charge is 0.154 e. The van der Waals surface area contributed by atoms with Gasteiger partial charge in [0, 0.05) is 48.6 Å². The summed E-state index contributed by atoms with van der Waals surface area (Å²) in [6, 6.07) is 23.8. The number of piperazine rings is 1. The number of nitrogens with one attached hydrogen (secondary N) is 1. The van der Waals surface area contributed by atoms with Crippen LogP contribution >= 0.6 is 11.3 Å². The van der Waals surface area contributed by atoms with E-state index < -0.39 is 0 Å². The van der Waals surface area contributed by atoms with Crippen molar-refractivity contribution >= 4 is 17.0 Å². The lowest BCUT2D eigenvalue weighted by atomic mass is 10.1. The molecule has 0 aliphatic carbocycles. The highest BCUT2D eigenvalue weighted by atomic mass is 32.1. The summed E-state index contributed by atoms with van der Waals surface area (Å²) in [5.74, 6) is 1.00. The molecule has 29 heavy (non-hydrogen) atoms. The molecule has 1 saturated heterocycles. The summed E-state index contributed by atoms with van der Waals surface area (Å²) in [6.45, 7) is 6.31. The molecule has 3 heterocycles. The fraction of sp³-hybridized carbons (Fsp3) is 0.208. The lowest BCUT2D eigenvalue weighted by Crippen LogP contribution is -2.43. The molecule has 4 aromatic rings. The van der Waals surface area contributed by atoms with Crippen LogP contribution in [0.5, 0.6) is 0 Å². The van der Waals surface area contributed by atoms with Crippen LogP contribution in [0.3, 0.4) is 0 Å². The van der Waals surface area contributed by atoms with E-state index in [0.29, 0.717) is 0 Å². The van der Waals surface area contributed by atoms with Crippen LogP contribution < -0.4 is 10.2 Å². The lowest BCUT2D eigenvalue weighted by Gasteiger charge is -2.29. The standard InChI is InChI=1S/C24H24N4S/c1-18-17-28(21-5-3-2-4-6-21)24(26-18)23-12-11-22(29-23)19-7-9-20(10-8-19)27-15-13-25-14-16-27/h2-12,17,25H,13-16H2,1H3. The third-order valence-electron chi connectivity index (χ3n) is 5.32. The number of para-hydroxylation sites is 1. The Morgan fingerprint density at radius 1 is 0.828 bits per heavy atom. The molecule has 2 aromatic carbocycles. The molecule has 5 heteroatoms. The Morgan fingerprint density at radius 3 is 2.31 bits per heavy atom. The molecule has 0 unspecified atom stereocenters. The van der Waals surface area contributed by atoms with Crippen molar-refractivity contribution < 1.29 is 0 Å². The van der Waals surface area contributed by atoms with Gasteiger partial charge in [-0.05, 0) is 48.9 Å². The SMILES string of the molecule is Cc1cn(-c2ccccc2)c(-c2ccc(-c3ccc(N4CCNCC4)cc3)s2)n1. The van der Waals surface area contributed by atoms with Gasteiger partial charge in [0.25, 0.3) is 0 Å². The number of benzene rings is 2. The molecule has 0 amide bonds. The van der Waals surface area contributed by atoms with Crippen LogP contribution in [-0.4, -0.2) is 35.7 Å². The maximum absolute atomic E-state index is 4.80. The monoisotopic (exact) mass is 400 g/mol. The molecule has 1 aliphatic heterocycles. The zero-order valence-electron chi connectivity index (χ0n) is 16.5. The van der Waals surface area contributed by atoms with Crippen molar-refractivity contribution in [3.8, 4) is 26.8 Å². The number of hydrogen-bond acceptors (Lipinski definition) is 4. The molecule has 146 valence electrons. The van der Waals surface area contributed by atoms with Gasteiger partial charge in [-0.15, -0.1) is 11.3 Å². The Labute approximate surface area is 175 Å². The van der Waals surface area contributed by atoms with Gasteiger partial charge in [0.1, 0.15) is 0 Å². The molecule has 0 saturated carbocycles. The summed E-state index contributed by atoms with van der Waals surface area (Å²) >= 11 is 1.80. The van der Waals surface area contributed by atoms with Crippen molar-refractivity contribution in [2.24, 2.45) is 0 Å². The van der Waals surface area contributed by atoms with Crippen LogP contribution in [0.15, 0.2) is 72.9 Å². The lowest BCUT2D eigenvalue weighted by molar-refractivity contribution is 0.589. The summed E-state index contributed by atoms with van der Waals surface area (Å²) in [5.41, 5.74) is 4.73. The fourth-order valence-electron chi connectivity index (χ4n) is 3.83. The van der Waals surface area contributed by atoms with Crippen molar-refractivity contribution in [1.82, 2.24) is 14.9 Å². The van der Waals surface area contributed by atoms with Crippen LogP contribution in [0.25, 0.3) is 26.8 Å². The third kappa shape index (κ3) is 3.71. The van der Waals surface area contributed by atoms with Gasteiger partial charge in [0.2, 0.25) is 0 Å². The third-order valence-corrected chi connectivity index (χ3v) is 6.45. The van der Waals surface area contributed by atoms with Gasteiger partial charge in [-0.25, -0.2) is 4.98 Å². The highest BCUT2D eigenvalue weighted by molar-refractivity contribution is 7.18. The normalized spacial score (nSPS) is 14.3. The van der Waals surface area contributed by atoms with Crippen molar-refractivity contribution in [1.29, 1.82) is 0 Å². The molecule has 1 aliphatic rings. The summed E-state index contributed by atoms with van der Waals surface area (Å²) in [4.78, 5) is 9.70. The average molecular weight is 401 g/mol. The number of hydrogen-bond donors (Lipinski definition) is 1. The number of imidazole rings is 1. The van der Waals surface area contributed by atoms with Crippen LogP contribution in [0.1, 0.15) is 5.69 Å². The summed E-state index contributed by atoms with van der Waals surface area (Å²) in [5, 5.41) is 3.41. The molecule has 0 radical (unpaired) electrons. The average Bonchev–Trinajstić information content (AvgIpc) is 3.42. The first-order chi connectivity index (χ1) is 14.3. The van der Waals surface area contributed by atoms with Gasteiger partial charge in [-0.2, -0.15) is 0 Å². The predicted molar refractivity (Wildman–Crippen MR) is 122 cm³/mol. The maximum atomic E-state index is 4.80. The number of thiophene rings is 1. The van der Waals surface area contributed by atoms with E-state index >= 15 is 0 Å². The van der Waals surface area contributed by atoms with Gasteiger partial charge < -0.3 is 10.2 Å². The van der Waals surface area contributed by atoms with E-state index in [-0.39, 0.29) is 0 Å². The van der Waals surface area contributed by atoms with Gasteiger partial charge in [0.05, 0.1) is 10.6 Å². The van der Waals surface area contributed by atoms with Gasteiger partial charge in [0.15, 0.2) is 5.82 Å². The second-order valence-corrected chi connectivity index (χ2v) is 8.44. The Hall–Kier alpha value is -2.89. The van der Waals surface area contributed by atoms with E-state index in [2.05, 4.69) is 81.6 Å². The molecule has 0 atom stereocenters. The second-order valence-electron chi connectivity index (χ2n) is 7.36. The number of aryl methyl sites for hydroxylation is 1. The predicted octanol–water partition coefficient (Wildman–Crippen LogP) is 4.99. The number of aromatic nitrogens is 2. The Kier molecular flexibility index (Phi) is 4.92. The number of nitrogens with zero attached hydrogens (tertiary/aromatic N) is 3. The Balaban J connectivity index is 1.43. The van der Waals surface area contributed by atoms with Crippen LogP contribution in [-0.2, 0) is 0 Å². The summed E-state index contributed by atoms with van der Waals surface area (Å²) in [7, 11) is 0. The van der Waals surface area contributed by atoms with Gasteiger partial charge >= 0.3 is 0 Å². The Bertz CT molecular complexity index is 1090. The largest absolute Gasteiger partial charge is 0.369 e. The molecule has 2 aromatic heterocycles. The molecule has 0 spiro atoms. The minimum Gasteiger partial charge on any atom is -0.369 e. The molecule has 0 bridgehead atoms. The van der Waals surface area contributed by atoms with Crippen LogP contribution in [0.2, 0.25) is 0 Å². The minimum atomic E-state index is 1.00. The molecular weight excluding hydrogens is 376 g/mol. The maximum Gasteiger partial charge on any atom is 0.154 e. The van der Waals surface area contributed by atoms with Gasteiger partial charge in [-0.3, -0.25) is 4.57 Å².